The molecule has 0 aromatic carbocycles. The van der Waals surface area contributed by atoms with Gasteiger partial charge in [0, 0.05) is 25.9 Å². The first-order valence-corrected chi connectivity index (χ1v) is 5.10. The lowest BCUT2D eigenvalue weighted by Gasteiger charge is -2.12. The monoisotopic (exact) mass is 218 g/mol. The average Bonchev–Trinajstić information content (AvgIpc) is 2.65. The van der Waals surface area contributed by atoms with Crippen LogP contribution in [0.3, 0.4) is 0 Å². The van der Waals surface area contributed by atoms with Gasteiger partial charge in [0.2, 0.25) is 0 Å². The first kappa shape index (κ1) is 10.8. The summed E-state index contributed by atoms with van der Waals surface area (Å²) in [7, 11) is 1.81. The van der Waals surface area contributed by atoms with Crippen LogP contribution in [0.2, 0.25) is 0 Å². The Kier molecular flexibility index (Phi) is 2.96. The molecule has 84 valence electrons. The van der Waals surface area contributed by atoms with Gasteiger partial charge in [-0.05, 0) is 24.1 Å². The van der Waals surface area contributed by atoms with Crippen LogP contribution in [0, 0.1) is 6.92 Å². The number of pyridine rings is 1. The fourth-order valence-corrected chi connectivity index (χ4v) is 1.65. The van der Waals surface area contributed by atoms with E-state index in [-0.39, 0.29) is 0 Å². The number of aliphatic hydroxyl groups excluding tert-OH is 1. The minimum atomic E-state index is -0.564. The summed E-state index contributed by atoms with van der Waals surface area (Å²) in [6.07, 6.45) is 4.81. The van der Waals surface area contributed by atoms with Gasteiger partial charge in [0.05, 0.1) is 6.10 Å². The fraction of sp³-hybridized carbons (Fsp3) is 0.364. The lowest BCUT2D eigenvalue weighted by atomic mass is 10.0. The summed E-state index contributed by atoms with van der Waals surface area (Å²) < 4.78 is 1.67. The van der Waals surface area contributed by atoms with Gasteiger partial charge >= 0.3 is 0 Å². The Balaban J connectivity index is 2.18. The van der Waals surface area contributed by atoms with Gasteiger partial charge in [-0.3, -0.25) is 9.67 Å². The molecule has 0 aliphatic carbocycles. The Morgan fingerprint density at radius 2 is 2.31 bits per heavy atom. The van der Waals surface area contributed by atoms with E-state index < -0.39 is 6.10 Å². The highest BCUT2D eigenvalue weighted by Crippen LogP contribution is 2.19. The van der Waals surface area contributed by atoms with E-state index in [1.165, 1.54) is 6.33 Å². The second-order valence-electron chi connectivity index (χ2n) is 3.75. The second-order valence-corrected chi connectivity index (χ2v) is 3.75. The second kappa shape index (κ2) is 4.40. The third-order valence-corrected chi connectivity index (χ3v) is 2.60. The molecular weight excluding hydrogens is 204 g/mol. The SMILES string of the molecule is Cc1cnccc1C(O)Cc1ncnn1C. The standard InChI is InChI=1S/C11H14N4O/c1-8-6-12-4-3-9(8)10(16)5-11-13-7-14-15(11)2/h3-4,6-7,10,16H,5H2,1-2H3. The molecule has 5 heteroatoms. The molecule has 0 fully saturated rings. The molecule has 2 rings (SSSR count). The maximum atomic E-state index is 10.1. The van der Waals surface area contributed by atoms with Crippen molar-refractivity contribution in [2.45, 2.75) is 19.4 Å². The molecule has 0 amide bonds. The van der Waals surface area contributed by atoms with E-state index in [4.69, 9.17) is 0 Å². The van der Waals surface area contributed by atoms with Crippen molar-refractivity contribution in [3.05, 3.63) is 41.7 Å². The Hall–Kier alpha value is -1.75. The predicted molar refractivity (Wildman–Crippen MR) is 58.6 cm³/mol. The number of aryl methyl sites for hydroxylation is 2. The lowest BCUT2D eigenvalue weighted by molar-refractivity contribution is 0.173. The molecule has 2 heterocycles. The van der Waals surface area contributed by atoms with Crippen LogP contribution >= 0.6 is 0 Å². The highest BCUT2D eigenvalue weighted by molar-refractivity contribution is 5.24. The van der Waals surface area contributed by atoms with E-state index >= 15 is 0 Å². The summed E-state index contributed by atoms with van der Waals surface area (Å²) in [6, 6.07) is 1.83. The van der Waals surface area contributed by atoms with Crippen molar-refractivity contribution >= 4 is 0 Å². The van der Waals surface area contributed by atoms with Crippen molar-refractivity contribution in [2.75, 3.05) is 0 Å². The summed E-state index contributed by atoms with van der Waals surface area (Å²) in [5, 5.41) is 14.1. The third-order valence-electron chi connectivity index (χ3n) is 2.60. The zero-order valence-electron chi connectivity index (χ0n) is 9.33. The van der Waals surface area contributed by atoms with Crippen LogP contribution in [0.25, 0.3) is 0 Å². The van der Waals surface area contributed by atoms with Gasteiger partial charge in [0.25, 0.3) is 0 Å². The Morgan fingerprint density at radius 3 is 2.94 bits per heavy atom. The minimum absolute atomic E-state index is 0.460. The van der Waals surface area contributed by atoms with Crippen LogP contribution in [-0.4, -0.2) is 24.9 Å². The van der Waals surface area contributed by atoms with Crippen molar-refractivity contribution < 1.29 is 5.11 Å². The number of rotatable bonds is 3. The number of aliphatic hydroxyl groups is 1. The summed E-state index contributed by atoms with van der Waals surface area (Å²) in [5.41, 5.74) is 1.87. The molecule has 0 saturated heterocycles. The molecule has 2 aromatic rings. The van der Waals surface area contributed by atoms with E-state index in [2.05, 4.69) is 15.1 Å². The Bertz CT molecular complexity index is 480. The Morgan fingerprint density at radius 1 is 1.50 bits per heavy atom. The van der Waals surface area contributed by atoms with Gasteiger partial charge in [-0.15, -0.1) is 0 Å². The molecule has 0 aliphatic heterocycles. The molecule has 0 saturated carbocycles. The molecule has 5 nitrogen and oxygen atoms in total. The normalized spacial score (nSPS) is 12.7. The first-order valence-electron chi connectivity index (χ1n) is 5.10. The zero-order chi connectivity index (χ0) is 11.5. The molecule has 1 unspecified atom stereocenters. The van der Waals surface area contributed by atoms with E-state index in [0.29, 0.717) is 6.42 Å². The molecule has 0 spiro atoms. The lowest BCUT2D eigenvalue weighted by Crippen LogP contribution is -2.08. The van der Waals surface area contributed by atoms with E-state index in [1.807, 2.05) is 20.0 Å². The van der Waals surface area contributed by atoms with Gasteiger partial charge in [-0.2, -0.15) is 5.10 Å². The number of hydrogen-bond acceptors (Lipinski definition) is 4. The van der Waals surface area contributed by atoms with Gasteiger partial charge < -0.3 is 5.11 Å². The van der Waals surface area contributed by atoms with Crippen molar-refractivity contribution in [3.8, 4) is 0 Å². The molecular formula is C11H14N4O. The molecule has 0 bridgehead atoms. The van der Waals surface area contributed by atoms with Crippen molar-refractivity contribution in [2.24, 2.45) is 7.05 Å². The van der Waals surface area contributed by atoms with Gasteiger partial charge in [-0.1, -0.05) is 0 Å². The van der Waals surface area contributed by atoms with Crippen LogP contribution in [0.4, 0.5) is 0 Å². The maximum Gasteiger partial charge on any atom is 0.138 e. The molecule has 0 radical (unpaired) electrons. The van der Waals surface area contributed by atoms with Crippen LogP contribution in [0.5, 0.6) is 0 Å². The van der Waals surface area contributed by atoms with Gasteiger partial charge in [0.15, 0.2) is 0 Å². The quantitative estimate of drug-likeness (QED) is 0.827. The summed E-state index contributed by atoms with van der Waals surface area (Å²) in [4.78, 5) is 8.08. The van der Waals surface area contributed by atoms with Gasteiger partial charge in [0.1, 0.15) is 12.2 Å². The fourth-order valence-electron chi connectivity index (χ4n) is 1.65. The third kappa shape index (κ3) is 2.09. The summed E-state index contributed by atoms with van der Waals surface area (Å²) in [6.45, 7) is 1.93. The zero-order valence-corrected chi connectivity index (χ0v) is 9.33. The molecule has 1 atom stereocenters. The Labute approximate surface area is 93.8 Å². The first-order chi connectivity index (χ1) is 7.68. The summed E-state index contributed by atoms with van der Waals surface area (Å²) in [5.74, 6) is 0.767. The molecule has 0 aliphatic rings. The maximum absolute atomic E-state index is 10.1. The highest BCUT2D eigenvalue weighted by Gasteiger charge is 2.13. The number of nitrogens with zero attached hydrogens (tertiary/aromatic N) is 4. The van der Waals surface area contributed by atoms with Crippen molar-refractivity contribution in [1.82, 2.24) is 19.7 Å². The topological polar surface area (TPSA) is 63.8 Å². The molecule has 16 heavy (non-hydrogen) atoms. The van der Waals surface area contributed by atoms with Crippen LogP contribution in [0.1, 0.15) is 23.1 Å². The minimum Gasteiger partial charge on any atom is -0.388 e. The highest BCUT2D eigenvalue weighted by atomic mass is 16.3. The van der Waals surface area contributed by atoms with Crippen LogP contribution < -0.4 is 0 Å². The van der Waals surface area contributed by atoms with E-state index in [1.54, 1.807) is 17.1 Å². The van der Waals surface area contributed by atoms with Crippen molar-refractivity contribution in [1.29, 1.82) is 0 Å². The molecule has 2 aromatic heterocycles. The smallest absolute Gasteiger partial charge is 0.138 e. The van der Waals surface area contributed by atoms with Crippen LogP contribution in [-0.2, 0) is 13.5 Å². The average molecular weight is 218 g/mol. The predicted octanol–water partition coefficient (Wildman–Crippen LogP) is 0.795. The summed E-state index contributed by atoms with van der Waals surface area (Å²) >= 11 is 0. The van der Waals surface area contributed by atoms with Crippen molar-refractivity contribution in [3.63, 3.8) is 0 Å². The van der Waals surface area contributed by atoms with Crippen LogP contribution in [0.15, 0.2) is 24.8 Å². The molecule has 1 N–H and O–H groups in total. The van der Waals surface area contributed by atoms with Gasteiger partial charge in [-0.25, -0.2) is 4.98 Å². The largest absolute Gasteiger partial charge is 0.388 e. The van der Waals surface area contributed by atoms with E-state index in [9.17, 15) is 5.11 Å². The van der Waals surface area contributed by atoms with E-state index in [0.717, 1.165) is 17.0 Å². The number of hydrogen-bond donors (Lipinski definition) is 1. The number of aromatic nitrogens is 4.